The lowest BCUT2D eigenvalue weighted by atomic mass is 9.83. The minimum Gasteiger partial charge on any atom is -0.202 e. The molecule has 6 aromatic rings. The summed E-state index contributed by atoms with van der Waals surface area (Å²) in [6.45, 7) is 0. The van der Waals surface area contributed by atoms with Crippen molar-refractivity contribution in [3.8, 4) is 33.4 Å². The zero-order chi connectivity index (χ0) is 34.0. The number of hydrogen-bond acceptors (Lipinski definition) is 4. The number of hydrogen-bond donors (Lipinski definition) is 1. The van der Waals surface area contributed by atoms with E-state index < -0.39 is 35.2 Å². The van der Waals surface area contributed by atoms with Crippen LogP contribution in [0.25, 0.3) is 54.9 Å². The number of alkyl halides is 6. The lowest BCUT2D eigenvalue weighted by molar-refractivity contribution is -0.0476. The number of fused-ring (bicyclic) bond motifs is 2. The molecular weight excluding hydrogens is 664 g/mol. The highest BCUT2D eigenvalue weighted by Crippen LogP contribution is 2.45. The van der Waals surface area contributed by atoms with Crippen molar-refractivity contribution in [3.63, 3.8) is 0 Å². The van der Waals surface area contributed by atoms with Crippen molar-refractivity contribution < 1.29 is 43.2 Å². The fourth-order valence-electron chi connectivity index (χ4n) is 4.98. The zero-order valence-corrected chi connectivity index (χ0v) is 25.6. The van der Waals surface area contributed by atoms with Crippen LogP contribution in [-0.4, -0.2) is 27.9 Å². The van der Waals surface area contributed by atoms with Crippen molar-refractivity contribution in [2.24, 2.45) is 0 Å². The third-order valence-electron chi connectivity index (χ3n) is 7.04. The van der Waals surface area contributed by atoms with E-state index in [1.54, 1.807) is 0 Å². The Labute approximate surface area is 266 Å². The second-order valence-electron chi connectivity index (χ2n) is 10.2. The van der Waals surface area contributed by atoms with Crippen molar-refractivity contribution in [1.82, 2.24) is 4.13 Å². The molecule has 0 amide bonds. The van der Waals surface area contributed by atoms with Gasteiger partial charge < -0.3 is 0 Å². The summed E-state index contributed by atoms with van der Waals surface area (Å²) in [5.41, 5.74) is -4.75. The van der Waals surface area contributed by atoms with Gasteiger partial charge >= 0.3 is 31.1 Å². The van der Waals surface area contributed by atoms with Crippen molar-refractivity contribution in [3.05, 3.63) is 133 Å². The van der Waals surface area contributed by atoms with Crippen LogP contribution in [0, 0.1) is 0 Å². The minimum absolute atomic E-state index is 0.493. The molecule has 242 valence electrons. The van der Waals surface area contributed by atoms with Gasteiger partial charge in [-0.05, 0) is 73.1 Å². The maximum absolute atomic E-state index is 11.5. The van der Waals surface area contributed by atoms with Crippen molar-refractivity contribution in [1.29, 1.82) is 0 Å². The molecule has 0 saturated carbocycles. The summed E-state index contributed by atoms with van der Waals surface area (Å²) in [6.07, 6.45) is 0. The third-order valence-corrected chi connectivity index (χ3v) is 10.0. The zero-order valence-electron chi connectivity index (χ0n) is 23.9. The highest BCUT2D eigenvalue weighted by Gasteiger charge is 2.55. The quantitative estimate of drug-likeness (QED) is 0.145. The van der Waals surface area contributed by atoms with Crippen LogP contribution in [0.4, 0.5) is 26.3 Å². The van der Waals surface area contributed by atoms with E-state index in [1.165, 1.54) is 54.9 Å². The normalized spacial score (nSPS) is 12.5. The molecule has 0 spiro atoms. The van der Waals surface area contributed by atoms with Crippen molar-refractivity contribution >= 4 is 41.6 Å². The van der Waals surface area contributed by atoms with Crippen LogP contribution in [0.1, 0.15) is 0 Å². The Hall–Kier alpha value is -4.72. The van der Waals surface area contributed by atoms with Gasteiger partial charge in [-0.15, -0.1) is 0 Å². The van der Waals surface area contributed by atoms with Gasteiger partial charge in [-0.25, -0.2) is 16.8 Å². The standard InChI is InChI=1S/C32H22.C2HF6NO4S2/c1-4-12-23(13-5-1)29-22-28-20-26-18-10-11-19-27(26)21-30(28)32(25-16-8-3-9-17-25)31(29)24-14-6-2-7-15-24;3-1(4,5)14(10,11)9-15(12,13)2(6,7)8/h1-22H;9H. The summed E-state index contributed by atoms with van der Waals surface area (Å²) in [5.74, 6) is 0. The van der Waals surface area contributed by atoms with Gasteiger partial charge in [0, 0.05) is 0 Å². The van der Waals surface area contributed by atoms with Gasteiger partial charge in [0.05, 0.1) is 0 Å². The van der Waals surface area contributed by atoms with Gasteiger partial charge in [0.15, 0.2) is 0 Å². The summed E-state index contributed by atoms with van der Waals surface area (Å²) in [4.78, 5) is 0. The fraction of sp³-hybridized carbons (Fsp3) is 0.0588. The van der Waals surface area contributed by atoms with Gasteiger partial charge in [-0.3, -0.25) is 0 Å². The highest BCUT2D eigenvalue weighted by atomic mass is 32.3. The molecule has 6 rings (SSSR count). The number of rotatable bonds is 5. The topological polar surface area (TPSA) is 80.3 Å². The minimum atomic E-state index is -6.60. The number of benzene rings is 6. The van der Waals surface area contributed by atoms with Gasteiger partial charge in [-0.1, -0.05) is 119 Å². The van der Waals surface area contributed by atoms with Crippen LogP contribution in [0.5, 0.6) is 0 Å². The van der Waals surface area contributed by atoms with E-state index in [0.717, 1.165) is 0 Å². The molecule has 6 aromatic carbocycles. The second-order valence-corrected chi connectivity index (χ2v) is 13.8. The lowest BCUT2D eigenvalue weighted by Crippen LogP contribution is -2.45. The van der Waals surface area contributed by atoms with E-state index in [2.05, 4.69) is 133 Å². The summed E-state index contributed by atoms with van der Waals surface area (Å²) in [7, 11) is -13.2. The molecule has 0 aliphatic rings. The fourth-order valence-corrected chi connectivity index (χ4v) is 6.90. The number of sulfonamides is 2. The molecule has 0 aromatic heterocycles. The van der Waals surface area contributed by atoms with E-state index in [1.807, 2.05) is 0 Å². The molecule has 1 N–H and O–H groups in total. The van der Waals surface area contributed by atoms with Crippen molar-refractivity contribution in [2.75, 3.05) is 0 Å². The Bertz CT molecular complexity index is 2220. The first-order valence-electron chi connectivity index (χ1n) is 13.7. The van der Waals surface area contributed by atoms with E-state index >= 15 is 0 Å². The summed E-state index contributed by atoms with van der Waals surface area (Å²) < 4.78 is 108. The Morgan fingerprint density at radius 1 is 0.426 bits per heavy atom. The average Bonchev–Trinajstić information content (AvgIpc) is 3.03. The molecule has 0 radical (unpaired) electrons. The molecule has 47 heavy (non-hydrogen) atoms. The Balaban J connectivity index is 0.000000247. The summed E-state index contributed by atoms with van der Waals surface area (Å²) in [6, 6.07) is 48.0. The maximum Gasteiger partial charge on any atom is 0.512 e. The Kier molecular flexibility index (Phi) is 9.18. The molecule has 13 heteroatoms. The molecule has 0 bridgehead atoms. The first-order valence-corrected chi connectivity index (χ1v) is 16.6. The van der Waals surface area contributed by atoms with E-state index in [9.17, 15) is 43.2 Å². The largest absolute Gasteiger partial charge is 0.512 e. The predicted octanol–water partition coefficient (Wildman–Crippen LogP) is 9.27. The molecule has 0 atom stereocenters. The van der Waals surface area contributed by atoms with E-state index in [4.69, 9.17) is 0 Å². The van der Waals surface area contributed by atoms with E-state index in [-0.39, 0.29) is 0 Å². The monoisotopic (exact) mass is 687 g/mol. The molecule has 0 aliphatic heterocycles. The molecule has 0 saturated heterocycles. The molecule has 0 unspecified atom stereocenters. The van der Waals surface area contributed by atoms with Gasteiger partial charge in [0.25, 0.3) is 0 Å². The van der Waals surface area contributed by atoms with Gasteiger partial charge in [0.2, 0.25) is 0 Å². The van der Waals surface area contributed by atoms with Gasteiger partial charge in [-0.2, -0.15) is 26.3 Å². The van der Waals surface area contributed by atoms with Crippen LogP contribution in [0.3, 0.4) is 0 Å². The lowest BCUT2D eigenvalue weighted by Gasteiger charge is -2.20. The molecule has 0 aliphatic carbocycles. The highest BCUT2D eigenvalue weighted by molar-refractivity contribution is 8.05. The first-order chi connectivity index (χ1) is 22.1. The van der Waals surface area contributed by atoms with Crippen LogP contribution >= 0.6 is 0 Å². The second kappa shape index (κ2) is 12.8. The molecule has 0 heterocycles. The average molecular weight is 688 g/mol. The summed E-state index contributed by atoms with van der Waals surface area (Å²) >= 11 is 0. The van der Waals surface area contributed by atoms with Gasteiger partial charge in [0.1, 0.15) is 0 Å². The number of halogens is 6. The Morgan fingerprint density at radius 2 is 0.809 bits per heavy atom. The van der Waals surface area contributed by atoms with E-state index in [0.29, 0.717) is 0 Å². The SMILES string of the molecule is O=S(=O)(NS(=O)(=O)C(F)(F)F)C(F)(F)F.c1ccc(-c2cc3cc4ccccc4cc3c(-c3ccccc3)c2-c2ccccc2)cc1. The van der Waals surface area contributed by atoms with Crippen molar-refractivity contribution in [2.45, 2.75) is 11.0 Å². The molecular formula is C34H23F6NO4S2. The Morgan fingerprint density at radius 3 is 1.26 bits per heavy atom. The molecule has 0 fully saturated rings. The summed E-state index contributed by atoms with van der Waals surface area (Å²) in [5, 5.41) is 5.09. The smallest absolute Gasteiger partial charge is 0.202 e. The third kappa shape index (κ3) is 7.17. The van der Waals surface area contributed by atoms with Crippen LogP contribution < -0.4 is 4.13 Å². The maximum atomic E-state index is 11.5. The number of nitrogens with one attached hydrogen (secondary N) is 1. The predicted molar refractivity (Wildman–Crippen MR) is 171 cm³/mol. The van der Waals surface area contributed by atoms with Crippen LogP contribution in [0.2, 0.25) is 0 Å². The molecule has 5 nitrogen and oxygen atoms in total. The van der Waals surface area contributed by atoms with Crippen LogP contribution in [0.15, 0.2) is 133 Å². The first kappa shape index (κ1) is 33.6. The van der Waals surface area contributed by atoms with Crippen LogP contribution in [-0.2, 0) is 20.0 Å².